The maximum Gasteiger partial charge on any atom is 0.319 e. The van der Waals surface area contributed by atoms with Crippen LogP contribution >= 0.6 is 0 Å². The van der Waals surface area contributed by atoms with Crippen LogP contribution in [0, 0.1) is 0 Å². The number of carbonyl (C=O) groups excluding carboxylic acids is 3. The van der Waals surface area contributed by atoms with Crippen LogP contribution in [0.15, 0.2) is 30.3 Å². The molecule has 142 valence electrons. The van der Waals surface area contributed by atoms with E-state index in [9.17, 15) is 14.4 Å². The highest BCUT2D eigenvalue weighted by Crippen LogP contribution is 2.12. The van der Waals surface area contributed by atoms with E-state index in [-0.39, 0.29) is 30.4 Å². The van der Waals surface area contributed by atoms with Gasteiger partial charge >= 0.3 is 6.03 Å². The number of likely N-dealkylation sites (tertiary alicyclic amines) is 1. The summed E-state index contributed by atoms with van der Waals surface area (Å²) >= 11 is 0. The molecule has 0 aromatic heterocycles. The van der Waals surface area contributed by atoms with Crippen LogP contribution in [-0.2, 0) is 4.79 Å². The van der Waals surface area contributed by atoms with Gasteiger partial charge in [0.25, 0.3) is 5.91 Å². The maximum absolute atomic E-state index is 12.3. The van der Waals surface area contributed by atoms with Gasteiger partial charge in [-0.1, -0.05) is 18.2 Å². The molecule has 1 aromatic carbocycles. The summed E-state index contributed by atoms with van der Waals surface area (Å²) in [6.45, 7) is 6.57. The Morgan fingerprint density at radius 1 is 1.08 bits per heavy atom. The van der Waals surface area contributed by atoms with E-state index in [0.29, 0.717) is 31.7 Å². The minimum absolute atomic E-state index is 0.0388. The van der Waals surface area contributed by atoms with Crippen LogP contribution in [0.2, 0.25) is 0 Å². The second-order valence-corrected chi connectivity index (χ2v) is 6.33. The molecule has 0 unspecified atom stereocenters. The lowest BCUT2D eigenvalue weighted by atomic mass is 10.1. The number of rotatable bonds is 6. The van der Waals surface area contributed by atoms with Gasteiger partial charge in [0, 0.05) is 37.8 Å². The fourth-order valence-corrected chi connectivity index (χ4v) is 3.04. The van der Waals surface area contributed by atoms with Gasteiger partial charge in [0.05, 0.1) is 6.54 Å². The van der Waals surface area contributed by atoms with Gasteiger partial charge in [0.15, 0.2) is 0 Å². The molecular formula is C19H28N4O3. The Labute approximate surface area is 154 Å². The number of carbonyl (C=O) groups is 3. The molecule has 2 N–H and O–H groups in total. The van der Waals surface area contributed by atoms with Crippen molar-refractivity contribution >= 4 is 17.8 Å². The Bertz CT molecular complexity index is 608. The van der Waals surface area contributed by atoms with Crippen molar-refractivity contribution in [3.05, 3.63) is 35.9 Å². The van der Waals surface area contributed by atoms with Crippen molar-refractivity contribution in [1.82, 2.24) is 20.4 Å². The summed E-state index contributed by atoms with van der Waals surface area (Å²) < 4.78 is 0. The number of nitrogens with zero attached hydrogens (tertiary/aromatic N) is 2. The summed E-state index contributed by atoms with van der Waals surface area (Å²) in [5.41, 5.74) is 0.531. The Morgan fingerprint density at radius 3 is 2.27 bits per heavy atom. The number of amides is 4. The molecule has 0 atom stereocenters. The summed E-state index contributed by atoms with van der Waals surface area (Å²) in [5, 5.41) is 5.56. The van der Waals surface area contributed by atoms with E-state index < -0.39 is 0 Å². The lowest BCUT2D eigenvalue weighted by Gasteiger charge is -2.35. The van der Waals surface area contributed by atoms with E-state index in [1.54, 1.807) is 29.2 Å². The highest BCUT2D eigenvalue weighted by Gasteiger charge is 2.25. The largest absolute Gasteiger partial charge is 0.352 e. The summed E-state index contributed by atoms with van der Waals surface area (Å²) in [6.07, 6.45) is 1.46. The predicted molar refractivity (Wildman–Crippen MR) is 99.8 cm³/mol. The first kappa shape index (κ1) is 19.8. The van der Waals surface area contributed by atoms with Crippen molar-refractivity contribution in [2.24, 2.45) is 0 Å². The summed E-state index contributed by atoms with van der Waals surface area (Å²) in [6, 6.07) is 8.91. The second-order valence-electron chi connectivity index (χ2n) is 6.33. The van der Waals surface area contributed by atoms with Crippen LogP contribution in [0.5, 0.6) is 0 Å². The molecule has 1 aliphatic heterocycles. The summed E-state index contributed by atoms with van der Waals surface area (Å²) in [7, 11) is 0. The van der Waals surface area contributed by atoms with Gasteiger partial charge in [-0.15, -0.1) is 0 Å². The lowest BCUT2D eigenvalue weighted by Crippen LogP contribution is -2.51. The molecule has 1 heterocycles. The van der Waals surface area contributed by atoms with Crippen molar-refractivity contribution in [2.45, 2.75) is 32.7 Å². The molecular weight excluding hydrogens is 332 g/mol. The lowest BCUT2D eigenvalue weighted by molar-refractivity contribution is -0.121. The van der Waals surface area contributed by atoms with E-state index in [2.05, 4.69) is 10.6 Å². The average molecular weight is 360 g/mol. The fraction of sp³-hybridized carbons (Fsp3) is 0.526. The monoisotopic (exact) mass is 360 g/mol. The smallest absolute Gasteiger partial charge is 0.319 e. The number of hydrogen-bond acceptors (Lipinski definition) is 3. The zero-order valence-corrected chi connectivity index (χ0v) is 15.5. The number of urea groups is 1. The molecule has 0 spiro atoms. The van der Waals surface area contributed by atoms with Gasteiger partial charge in [0.1, 0.15) is 0 Å². The third kappa shape index (κ3) is 5.47. The van der Waals surface area contributed by atoms with Gasteiger partial charge in [0.2, 0.25) is 5.91 Å². The van der Waals surface area contributed by atoms with Crippen molar-refractivity contribution in [2.75, 3.05) is 32.7 Å². The second kappa shape index (κ2) is 9.79. The van der Waals surface area contributed by atoms with E-state index in [0.717, 1.165) is 12.8 Å². The van der Waals surface area contributed by atoms with Gasteiger partial charge in [-0.05, 0) is 38.8 Å². The normalized spacial score (nSPS) is 14.6. The van der Waals surface area contributed by atoms with E-state index in [4.69, 9.17) is 0 Å². The Morgan fingerprint density at radius 2 is 1.69 bits per heavy atom. The molecule has 0 bridgehead atoms. The van der Waals surface area contributed by atoms with E-state index in [1.165, 1.54) is 0 Å². The maximum atomic E-state index is 12.3. The standard InChI is InChI=1S/C19H28N4O3/c1-3-22(4-2)19(26)23-12-10-16(11-13-23)21-17(24)14-20-18(25)15-8-6-5-7-9-15/h5-9,16H,3-4,10-14H2,1-2H3,(H,20,25)(H,21,24). The van der Waals surface area contributed by atoms with Crippen molar-refractivity contribution < 1.29 is 14.4 Å². The first-order valence-corrected chi connectivity index (χ1v) is 9.21. The molecule has 4 amide bonds. The fourth-order valence-electron chi connectivity index (χ4n) is 3.04. The average Bonchev–Trinajstić information content (AvgIpc) is 2.68. The molecule has 1 saturated heterocycles. The number of nitrogens with one attached hydrogen (secondary N) is 2. The van der Waals surface area contributed by atoms with E-state index in [1.807, 2.05) is 24.8 Å². The van der Waals surface area contributed by atoms with Crippen LogP contribution in [0.1, 0.15) is 37.0 Å². The molecule has 0 radical (unpaired) electrons. The molecule has 7 heteroatoms. The van der Waals surface area contributed by atoms with Gasteiger partial charge in [-0.2, -0.15) is 0 Å². The molecule has 7 nitrogen and oxygen atoms in total. The number of piperidine rings is 1. The SMILES string of the molecule is CCN(CC)C(=O)N1CCC(NC(=O)CNC(=O)c2ccccc2)CC1. The molecule has 26 heavy (non-hydrogen) atoms. The zero-order valence-electron chi connectivity index (χ0n) is 15.5. The van der Waals surface area contributed by atoms with Crippen LogP contribution in [0.25, 0.3) is 0 Å². The Kier molecular flexibility index (Phi) is 7.44. The molecule has 1 fully saturated rings. The van der Waals surface area contributed by atoms with Gasteiger partial charge in [-0.25, -0.2) is 4.79 Å². The molecule has 0 aliphatic carbocycles. The van der Waals surface area contributed by atoms with Gasteiger partial charge in [-0.3, -0.25) is 9.59 Å². The first-order valence-electron chi connectivity index (χ1n) is 9.21. The quantitative estimate of drug-likeness (QED) is 0.806. The Balaban J connectivity index is 1.71. The van der Waals surface area contributed by atoms with Crippen LogP contribution in [-0.4, -0.2) is 66.4 Å². The molecule has 0 saturated carbocycles. The minimum atomic E-state index is -0.264. The van der Waals surface area contributed by atoms with Crippen LogP contribution < -0.4 is 10.6 Å². The first-order chi connectivity index (χ1) is 12.5. The van der Waals surface area contributed by atoms with Crippen LogP contribution in [0.3, 0.4) is 0 Å². The van der Waals surface area contributed by atoms with Crippen molar-refractivity contribution in [1.29, 1.82) is 0 Å². The van der Waals surface area contributed by atoms with Gasteiger partial charge < -0.3 is 20.4 Å². The van der Waals surface area contributed by atoms with Crippen molar-refractivity contribution in [3.63, 3.8) is 0 Å². The topological polar surface area (TPSA) is 81.8 Å². The third-order valence-corrected chi connectivity index (χ3v) is 4.61. The minimum Gasteiger partial charge on any atom is -0.352 e. The summed E-state index contributed by atoms with van der Waals surface area (Å²) in [5.74, 6) is -0.469. The Hall–Kier alpha value is -2.57. The molecule has 1 aromatic rings. The van der Waals surface area contributed by atoms with Crippen LogP contribution in [0.4, 0.5) is 4.79 Å². The number of benzene rings is 1. The molecule has 1 aliphatic rings. The highest BCUT2D eigenvalue weighted by atomic mass is 16.2. The zero-order chi connectivity index (χ0) is 18.9. The molecule has 2 rings (SSSR count). The predicted octanol–water partition coefficient (Wildman–Crippen LogP) is 1.46. The summed E-state index contributed by atoms with van der Waals surface area (Å²) in [4.78, 5) is 40.0. The van der Waals surface area contributed by atoms with Crippen molar-refractivity contribution in [3.8, 4) is 0 Å². The number of hydrogen-bond donors (Lipinski definition) is 2. The van der Waals surface area contributed by atoms with E-state index >= 15 is 0 Å². The highest BCUT2D eigenvalue weighted by molar-refractivity contribution is 5.96. The third-order valence-electron chi connectivity index (χ3n) is 4.61.